The first-order chi connectivity index (χ1) is 14.9. The summed E-state index contributed by atoms with van der Waals surface area (Å²) in [4.78, 5) is 39.7. The Balaban J connectivity index is 2.24. The Bertz CT molecular complexity index is 752. The predicted octanol–water partition coefficient (Wildman–Crippen LogP) is 2.66. The highest BCUT2D eigenvalue weighted by molar-refractivity contribution is 9.11. The van der Waals surface area contributed by atoms with Crippen molar-refractivity contribution in [2.75, 3.05) is 13.7 Å². The molecule has 182 valence electrons. The summed E-state index contributed by atoms with van der Waals surface area (Å²) in [5.41, 5.74) is -0.908. The number of rotatable bonds is 10. The van der Waals surface area contributed by atoms with Gasteiger partial charge in [0, 0.05) is 20.1 Å². The van der Waals surface area contributed by atoms with E-state index in [0.29, 0.717) is 12.8 Å². The van der Waals surface area contributed by atoms with Crippen molar-refractivity contribution in [1.29, 1.82) is 0 Å². The van der Waals surface area contributed by atoms with Crippen LogP contribution in [-0.4, -0.2) is 76.3 Å². The second kappa shape index (κ2) is 10.7. The van der Waals surface area contributed by atoms with Crippen LogP contribution in [0.15, 0.2) is 10.6 Å². The van der Waals surface area contributed by atoms with Gasteiger partial charge in [-0.15, -0.1) is 0 Å². The minimum absolute atomic E-state index is 0.103. The lowest BCUT2D eigenvalue weighted by Gasteiger charge is -2.38. The Kier molecular flexibility index (Phi) is 9.03. The Labute approximate surface area is 197 Å². The van der Waals surface area contributed by atoms with Crippen molar-refractivity contribution in [3.05, 3.63) is 10.6 Å². The molecule has 0 aliphatic carbocycles. The van der Waals surface area contributed by atoms with E-state index >= 15 is 0 Å². The molecule has 10 heteroatoms. The Hall–Kier alpha value is -1.33. The average molecular weight is 520 g/mol. The molecular weight excluding hydrogens is 486 g/mol. The fraction of sp³-hybridized carbons (Fsp3) is 0.773. The minimum Gasteiger partial charge on any atom is -0.441 e. The summed E-state index contributed by atoms with van der Waals surface area (Å²) in [7, 11) is 1.25. The number of ketones is 1. The van der Waals surface area contributed by atoms with E-state index < -0.39 is 47.4 Å². The Morgan fingerprint density at radius 3 is 2.44 bits per heavy atom. The van der Waals surface area contributed by atoms with Gasteiger partial charge in [0.1, 0.15) is 5.60 Å². The zero-order valence-electron chi connectivity index (χ0n) is 19.3. The zero-order chi connectivity index (χ0) is 24.3. The molecule has 9 nitrogen and oxygen atoms in total. The van der Waals surface area contributed by atoms with Crippen LogP contribution in [0.3, 0.4) is 0 Å². The van der Waals surface area contributed by atoms with Crippen molar-refractivity contribution in [3.63, 3.8) is 0 Å². The van der Waals surface area contributed by atoms with E-state index in [1.807, 2.05) is 13.8 Å². The third-order valence-corrected chi connectivity index (χ3v) is 6.70. The van der Waals surface area contributed by atoms with Gasteiger partial charge >= 0.3 is 6.09 Å². The van der Waals surface area contributed by atoms with Crippen LogP contribution in [-0.2, 0) is 23.8 Å². The number of aliphatic hydroxyl groups excluding tert-OH is 1. The summed E-state index contributed by atoms with van der Waals surface area (Å²) in [6.07, 6.45) is 0.472. The molecule has 0 spiro atoms. The quantitative estimate of drug-likeness (QED) is 0.422. The van der Waals surface area contributed by atoms with Crippen LogP contribution in [0.25, 0.3) is 0 Å². The fourth-order valence-electron chi connectivity index (χ4n) is 4.44. The van der Waals surface area contributed by atoms with E-state index in [2.05, 4.69) is 15.9 Å². The van der Waals surface area contributed by atoms with Crippen LogP contribution >= 0.6 is 15.9 Å². The lowest BCUT2D eigenvalue weighted by Crippen LogP contribution is -2.58. The molecule has 4 atom stereocenters. The number of hydrogen-bond acceptors (Lipinski definition) is 8. The molecule has 0 aromatic heterocycles. The molecule has 0 radical (unpaired) electrons. The topological polar surface area (TPSA) is 123 Å². The smallest absolute Gasteiger partial charge is 0.417 e. The lowest BCUT2D eigenvalue weighted by atomic mass is 9.88. The largest absolute Gasteiger partial charge is 0.441 e. The molecule has 2 aliphatic rings. The lowest BCUT2D eigenvalue weighted by molar-refractivity contribution is -0.227. The van der Waals surface area contributed by atoms with E-state index in [4.69, 9.17) is 19.3 Å². The van der Waals surface area contributed by atoms with Crippen LogP contribution in [0.1, 0.15) is 59.8 Å². The van der Waals surface area contributed by atoms with Crippen LogP contribution in [0.5, 0.6) is 0 Å². The SMILES string of the molecule is COC(C(=O)N1C(=O)OC(C)(C)C1C(C)C)C1OC(O)(CCCCCCO)C(Br)=CC1=O. The van der Waals surface area contributed by atoms with Crippen molar-refractivity contribution in [3.8, 4) is 0 Å². The van der Waals surface area contributed by atoms with Gasteiger partial charge in [-0.1, -0.05) is 26.7 Å². The van der Waals surface area contributed by atoms with E-state index in [9.17, 15) is 19.5 Å². The first-order valence-electron chi connectivity index (χ1n) is 10.9. The molecule has 1 saturated heterocycles. The molecule has 2 amide bonds. The average Bonchev–Trinajstić information content (AvgIpc) is 2.94. The van der Waals surface area contributed by atoms with Gasteiger partial charge in [-0.25, -0.2) is 9.69 Å². The second-order valence-electron chi connectivity index (χ2n) is 9.13. The summed E-state index contributed by atoms with van der Waals surface area (Å²) < 4.78 is 16.6. The normalized spacial score (nSPS) is 28.7. The molecule has 0 bridgehead atoms. The number of carbonyl (C=O) groups is 3. The number of halogens is 1. The van der Waals surface area contributed by atoms with Gasteiger partial charge in [-0.3, -0.25) is 9.59 Å². The van der Waals surface area contributed by atoms with Gasteiger partial charge in [-0.2, -0.15) is 0 Å². The maximum absolute atomic E-state index is 13.4. The van der Waals surface area contributed by atoms with E-state index in [-0.39, 0.29) is 23.4 Å². The highest BCUT2D eigenvalue weighted by Crippen LogP contribution is 2.38. The summed E-state index contributed by atoms with van der Waals surface area (Å²) >= 11 is 3.20. The summed E-state index contributed by atoms with van der Waals surface area (Å²) in [5, 5.41) is 19.9. The number of aliphatic hydroxyl groups is 2. The molecule has 32 heavy (non-hydrogen) atoms. The predicted molar refractivity (Wildman–Crippen MR) is 119 cm³/mol. The highest BCUT2D eigenvalue weighted by atomic mass is 79.9. The Morgan fingerprint density at radius 2 is 1.88 bits per heavy atom. The third-order valence-electron chi connectivity index (χ3n) is 5.85. The first-order valence-corrected chi connectivity index (χ1v) is 11.7. The van der Waals surface area contributed by atoms with Crippen LogP contribution in [0, 0.1) is 5.92 Å². The molecule has 2 rings (SSSR count). The number of methoxy groups -OCH3 is 1. The summed E-state index contributed by atoms with van der Waals surface area (Å²) in [6.45, 7) is 7.29. The van der Waals surface area contributed by atoms with E-state index in [1.54, 1.807) is 13.8 Å². The number of amides is 2. The van der Waals surface area contributed by atoms with Crippen molar-refractivity contribution < 1.29 is 38.8 Å². The molecule has 4 unspecified atom stereocenters. The molecule has 1 fully saturated rings. The maximum atomic E-state index is 13.4. The number of carbonyl (C=O) groups excluding carboxylic acids is 3. The third kappa shape index (κ3) is 5.59. The van der Waals surface area contributed by atoms with Crippen molar-refractivity contribution in [2.45, 2.75) is 89.4 Å². The van der Waals surface area contributed by atoms with Gasteiger partial charge in [0.25, 0.3) is 5.91 Å². The second-order valence-corrected chi connectivity index (χ2v) is 9.98. The Morgan fingerprint density at radius 1 is 1.25 bits per heavy atom. The first kappa shape index (κ1) is 26.9. The molecule has 0 saturated carbocycles. The molecule has 0 aromatic rings. The minimum atomic E-state index is -1.81. The van der Waals surface area contributed by atoms with E-state index in [0.717, 1.165) is 17.7 Å². The van der Waals surface area contributed by atoms with Gasteiger partial charge < -0.3 is 24.4 Å². The van der Waals surface area contributed by atoms with Crippen molar-refractivity contribution in [1.82, 2.24) is 4.90 Å². The van der Waals surface area contributed by atoms with Crippen molar-refractivity contribution >= 4 is 33.7 Å². The van der Waals surface area contributed by atoms with Crippen molar-refractivity contribution in [2.24, 2.45) is 5.92 Å². The fourth-order valence-corrected chi connectivity index (χ4v) is 4.96. The zero-order valence-corrected chi connectivity index (χ0v) is 20.9. The van der Waals surface area contributed by atoms with E-state index in [1.165, 1.54) is 13.2 Å². The van der Waals surface area contributed by atoms with Gasteiger partial charge in [0.2, 0.25) is 0 Å². The highest BCUT2D eigenvalue weighted by Gasteiger charge is 2.55. The monoisotopic (exact) mass is 519 g/mol. The molecule has 2 heterocycles. The van der Waals surface area contributed by atoms with Crippen LogP contribution in [0.2, 0.25) is 0 Å². The van der Waals surface area contributed by atoms with Gasteiger partial charge in [0.05, 0.1) is 10.5 Å². The number of imide groups is 1. The molecular formula is C22H34BrNO8. The number of ether oxygens (including phenoxy) is 3. The number of unbranched alkanes of at least 4 members (excludes halogenated alkanes) is 3. The molecule has 2 N–H and O–H groups in total. The number of cyclic esters (lactones) is 1. The summed E-state index contributed by atoms with van der Waals surface area (Å²) in [6, 6.07) is -0.563. The maximum Gasteiger partial charge on any atom is 0.417 e. The van der Waals surface area contributed by atoms with Gasteiger partial charge in [0.15, 0.2) is 23.8 Å². The molecule has 2 aliphatic heterocycles. The summed E-state index contributed by atoms with van der Waals surface area (Å²) in [5.74, 6) is -3.23. The van der Waals surface area contributed by atoms with Crippen LogP contribution in [0.4, 0.5) is 4.79 Å². The standard InChI is InChI=1S/C22H34BrNO8/c1-13(2)18-21(3,4)32-20(28)24(18)19(27)17(30-5)16-14(26)12-15(23)22(29,31-16)10-8-6-7-9-11-25/h12-13,16-18,25,29H,6-11H2,1-5H3. The number of hydrogen-bond donors (Lipinski definition) is 2. The number of nitrogens with zero attached hydrogens (tertiary/aromatic N) is 1. The van der Waals surface area contributed by atoms with Crippen LogP contribution < -0.4 is 0 Å². The molecule has 0 aromatic carbocycles. The van der Waals surface area contributed by atoms with Gasteiger partial charge in [-0.05, 0) is 54.6 Å².